The van der Waals surface area contributed by atoms with Gasteiger partial charge in [-0.05, 0) is 42.5 Å². The minimum Gasteiger partial charge on any atom is -0.380 e. The van der Waals surface area contributed by atoms with Crippen molar-refractivity contribution in [1.82, 2.24) is 14.7 Å². The van der Waals surface area contributed by atoms with Gasteiger partial charge in [-0.15, -0.1) is 0 Å². The van der Waals surface area contributed by atoms with Gasteiger partial charge in [0, 0.05) is 49.1 Å². The zero-order valence-electron chi connectivity index (χ0n) is 18.1. The zero-order valence-corrected chi connectivity index (χ0v) is 18.8. The quantitative estimate of drug-likeness (QED) is 0.577. The van der Waals surface area contributed by atoms with Crippen LogP contribution < -0.4 is 16.2 Å². The van der Waals surface area contributed by atoms with E-state index in [-0.39, 0.29) is 30.4 Å². The van der Waals surface area contributed by atoms with E-state index >= 15 is 0 Å². The lowest BCUT2D eigenvalue weighted by Crippen LogP contribution is -2.45. The maximum absolute atomic E-state index is 14.7. The second kappa shape index (κ2) is 10.0. The molecule has 1 aromatic heterocycles. The Morgan fingerprint density at radius 3 is 2.59 bits per heavy atom. The van der Waals surface area contributed by atoms with Crippen molar-refractivity contribution >= 4 is 34.9 Å². The summed E-state index contributed by atoms with van der Waals surface area (Å²) < 4.78 is 21.1. The molecule has 9 nitrogen and oxygen atoms in total. The maximum atomic E-state index is 14.7. The first-order valence-electron chi connectivity index (χ1n) is 10.4. The van der Waals surface area contributed by atoms with Crippen molar-refractivity contribution in [1.29, 1.82) is 0 Å². The highest BCUT2D eigenvalue weighted by Gasteiger charge is 2.40. The number of nitrogens with zero attached hydrogens (tertiary/aromatic N) is 3. The lowest BCUT2D eigenvalue weighted by atomic mass is 10.1. The Balaban J connectivity index is 1.50. The van der Waals surface area contributed by atoms with E-state index in [0.29, 0.717) is 10.7 Å². The van der Waals surface area contributed by atoms with Crippen LogP contribution in [0.15, 0.2) is 65.6 Å². The molecule has 0 bridgehead atoms. The highest BCUT2D eigenvalue weighted by molar-refractivity contribution is 6.30. The second-order valence-electron chi connectivity index (χ2n) is 7.63. The summed E-state index contributed by atoms with van der Waals surface area (Å²) >= 11 is 5.88. The Hall–Kier alpha value is -3.76. The van der Waals surface area contributed by atoms with Crippen LogP contribution >= 0.6 is 11.6 Å². The van der Waals surface area contributed by atoms with E-state index in [1.807, 2.05) is 0 Å². The maximum Gasteiger partial charge on any atom is 0.322 e. The zero-order chi connectivity index (χ0) is 24.2. The molecule has 176 valence electrons. The fourth-order valence-electron chi connectivity index (χ4n) is 3.67. The number of rotatable bonds is 5. The fourth-order valence-corrected chi connectivity index (χ4v) is 3.80. The predicted octanol–water partition coefficient (Wildman–Crippen LogP) is 3.28. The molecule has 11 heteroatoms. The predicted molar refractivity (Wildman–Crippen MR) is 125 cm³/mol. The second-order valence-corrected chi connectivity index (χ2v) is 8.06. The molecule has 2 heterocycles. The molecule has 1 saturated heterocycles. The molecule has 2 atom stereocenters. The highest BCUT2D eigenvalue weighted by Crippen LogP contribution is 2.25. The Kier molecular flexibility index (Phi) is 6.90. The van der Waals surface area contributed by atoms with Crippen LogP contribution in [0.3, 0.4) is 0 Å². The van der Waals surface area contributed by atoms with E-state index in [1.54, 1.807) is 24.3 Å². The molecule has 4 rings (SSSR count). The lowest BCUT2D eigenvalue weighted by molar-refractivity contribution is -0.119. The van der Waals surface area contributed by atoms with E-state index in [4.69, 9.17) is 16.3 Å². The number of urea groups is 1. The van der Waals surface area contributed by atoms with Gasteiger partial charge in [0.15, 0.2) is 0 Å². The van der Waals surface area contributed by atoms with Crippen LogP contribution in [-0.2, 0) is 9.53 Å². The smallest absolute Gasteiger partial charge is 0.322 e. The van der Waals surface area contributed by atoms with Crippen molar-refractivity contribution in [3.63, 3.8) is 0 Å². The summed E-state index contributed by atoms with van der Waals surface area (Å²) in [5.41, 5.74) is 0.223. The number of hydrogen-bond acceptors (Lipinski definition) is 5. The minimum absolute atomic E-state index is 0.0864. The van der Waals surface area contributed by atoms with Crippen LogP contribution in [0.25, 0.3) is 5.69 Å². The number of hydrogen-bond donors (Lipinski definition) is 2. The van der Waals surface area contributed by atoms with Crippen molar-refractivity contribution < 1.29 is 18.7 Å². The number of likely N-dealkylation sites (tertiary alicyclic amines) is 1. The average Bonchev–Trinajstić information content (AvgIpc) is 3.27. The largest absolute Gasteiger partial charge is 0.380 e. The number of halogens is 2. The monoisotopic (exact) mass is 485 g/mol. The van der Waals surface area contributed by atoms with Gasteiger partial charge in [-0.2, -0.15) is 9.78 Å². The molecule has 3 amide bonds. The van der Waals surface area contributed by atoms with Crippen LogP contribution in [-0.4, -0.2) is 52.4 Å². The van der Waals surface area contributed by atoms with Crippen molar-refractivity contribution in [3.05, 3.63) is 82.0 Å². The van der Waals surface area contributed by atoms with Crippen LogP contribution in [0.2, 0.25) is 5.02 Å². The van der Waals surface area contributed by atoms with Gasteiger partial charge in [-0.3, -0.25) is 9.59 Å². The number of carbonyl (C=O) groups is 2. The van der Waals surface area contributed by atoms with Gasteiger partial charge in [-0.25, -0.2) is 9.18 Å². The van der Waals surface area contributed by atoms with Gasteiger partial charge >= 0.3 is 6.03 Å². The van der Waals surface area contributed by atoms with E-state index in [1.165, 1.54) is 42.5 Å². The lowest BCUT2D eigenvalue weighted by Gasteiger charge is -2.24. The molecule has 0 radical (unpaired) electrons. The van der Waals surface area contributed by atoms with Gasteiger partial charge < -0.3 is 20.3 Å². The molecule has 0 saturated carbocycles. The molecule has 2 aromatic carbocycles. The van der Waals surface area contributed by atoms with Crippen molar-refractivity contribution in [2.24, 2.45) is 0 Å². The van der Waals surface area contributed by atoms with Gasteiger partial charge in [0.1, 0.15) is 11.9 Å². The normalized spacial score (nSPS) is 17.4. The van der Waals surface area contributed by atoms with Crippen LogP contribution in [0, 0.1) is 5.82 Å². The van der Waals surface area contributed by atoms with Crippen molar-refractivity contribution in [2.45, 2.75) is 18.6 Å². The Labute approximate surface area is 199 Å². The number of aromatic nitrogens is 2. The number of methoxy groups -OCH3 is 1. The molecule has 34 heavy (non-hydrogen) atoms. The fraction of sp³-hybridized carbons (Fsp3) is 0.217. The minimum atomic E-state index is -0.880. The molecular weight excluding hydrogens is 465 g/mol. The summed E-state index contributed by atoms with van der Waals surface area (Å²) in [5, 5.41) is 9.69. The molecule has 1 aliphatic heterocycles. The first-order valence-corrected chi connectivity index (χ1v) is 10.7. The van der Waals surface area contributed by atoms with Gasteiger partial charge in [0.05, 0.1) is 17.5 Å². The molecule has 3 aromatic rings. The van der Waals surface area contributed by atoms with Crippen molar-refractivity contribution in [2.75, 3.05) is 24.3 Å². The third-order valence-corrected chi connectivity index (χ3v) is 5.68. The van der Waals surface area contributed by atoms with Gasteiger partial charge in [0.2, 0.25) is 5.91 Å². The highest BCUT2D eigenvalue weighted by atomic mass is 35.5. The topological polar surface area (TPSA) is 106 Å². The van der Waals surface area contributed by atoms with Crippen LogP contribution in [0.4, 0.5) is 20.6 Å². The van der Waals surface area contributed by atoms with Crippen LogP contribution in [0.5, 0.6) is 0 Å². The van der Waals surface area contributed by atoms with Crippen molar-refractivity contribution in [3.8, 4) is 5.69 Å². The standard InChI is InChI=1S/C23H21ClFN5O4/c1-34-17-12-20(29(13-17)23(33)27-15-6-4-14(24)5-7-15)22(32)28-19-9-8-16(11-18(19)25)30-21(31)3-2-10-26-30/h2-11,17,20H,12-13H2,1H3,(H,27,33)(H,28,32). The molecule has 2 N–H and O–H groups in total. The molecule has 0 aliphatic carbocycles. The Morgan fingerprint density at radius 2 is 1.91 bits per heavy atom. The van der Waals surface area contributed by atoms with Gasteiger partial charge in [-0.1, -0.05) is 11.6 Å². The third-order valence-electron chi connectivity index (χ3n) is 5.43. The summed E-state index contributed by atoms with van der Waals surface area (Å²) in [6, 6.07) is 11.9. The number of carbonyl (C=O) groups excluding carboxylic acids is 2. The summed E-state index contributed by atoms with van der Waals surface area (Å²) in [5.74, 6) is -1.31. The molecule has 1 fully saturated rings. The summed E-state index contributed by atoms with van der Waals surface area (Å²) in [7, 11) is 1.50. The average molecular weight is 486 g/mol. The molecule has 2 unspecified atom stereocenters. The summed E-state index contributed by atoms with van der Waals surface area (Å²) in [4.78, 5) is 39.1. The number of ether oxygens (including phenoxy) is 1. The molecular formula is C23H21ClFN5O4. The molecule has 0 spiro atoms. The van der Waals surface area contributed by atoms with E-state index in [2.05, 4.69) is 15.7 Å². The third kappa shape index (κ3) is 5.08. The van der Waals surface area contributed by atoms with E-state index in [0.717, 1.165) is 10.7 Å². The Morgan fingerprint density at radius 1 is 1.15 bits per heavy atom. The van der Waals surface area contributed by atoms with Crippen LogP contribution in [0.1, 0.15) is 6.42 Å². The first-order chi connectivity index (χ1) is 16.4. The Bertz CT molecular complexity index is 1270. The first kappa shape index (κ1) is 23.4. The van der Waals surface area contributed by atoms with E-state index in [9.17, 15) is 18.8 Å². The van der Waals surface area contributed by atoms with Gasteiger partial charge in [0.25, 0.3) is 5.56 Å². The number of anilines is 2. The number of benzene rings is 2. The summed E-state index contributed by atoms with van der Waals surface area (Å²) in [6.45, 7) is 0.192. The molecule has 1 aliphatic rings. The SMILES string of the molecule is COC1CC(C(=O)Nc2ccc(-n3ncccc3=O)cc2F)N(C(=O)Nc2ccc(Cl)cc2)C1. The number of nitrogens with one attached hydrogen (secondary N) is 2. The van der Waals surface area contributed by atoms with E-state index < -0.39 is 29.4 Å². The summed E-state index contributed by atoms with van der Waals surface area (Å²) in [6.07, 6.45) is 1.31. The number of amides is 3.